The standard InChI is InChI=1S/C27H37N5/c28-16-18-30-20-22-32(23-21-31-19-17-29)27(24-10-4-1-5-11-24,25-12-6-2-7-13-25)26-14-8-3-9-15-26/h1-15,30-31H,16-23,28-29H2. The lowest BCUT2D eigenvalue weighted by Crippen LogP contribution is -2.52. The monoisotopic (exact) mass is 431 g/mol. The van der Waals surface area contributed by atoms with Gasteiger partial charge in [0.1, 0.15) is 0 Å². The molecule has 0 heterocycles. The molecule has 0 saturated heterocycles. The van der Waals surface area contributed by atoms with Crippen molar-refractivity contribution in [3.8, 4) is 0 Å². The summed E-state index contributed by atoms with van der Waals surface area (Å²) in [6, 6.07) is 32.5. The quantitative estimate of drug-likeness (QED) is 0.233. The first-order valence-electron chi connectivity index (χ1n) is 11.6. The van der Waals surface area contributed by atoms with E-state index < -0.39 is 5.54 Å². The second kappa shape index (κ2) is 13.1. The number of hydrogen-bond acceptors (Lipinski definition) is 5. The van der Waals surface area contributed by atoms with Gasteiger partial charge in [0.2, 0.25) is 0 Å². The van der Waals surface area contributed by atoms with Gasteiger partial charge in [-0.1, -0.05) is 91.0 Å². The van der Waals surface area contributed by atoms with E-state index >= 15 is 0 Å². The minimum Gasteiger partial charge on any atom is -0.329 e. The lowest BCUT2D eigenvalue weighted by Gasteiger charge is -2.46. The average molecular weight is 432 g/mol. The summed E-state index contributed by atoms with van der Waals surface area (Å²) in [5, 5.41) is 6.97. The zero-order chi connectivity index (χ0) is 22.5. The summed E-state index contributed by atoms with van der Waals surface area (Å²) in [5.74, 6) is 0. The van der Waals surface area contributed by atoms with Gasteiger partial charge in [-0.2, -0.15) is 0 Å². The predicted octanol–water partition coefficient (Wildman–Crippen LogP) is 2.38. The number of hydrogen-bond donors (Lipinski definition) is 4. The number of nitrogens with zero attached hydrogens (tertiary/aromatic N) is 1. The van der Waals surface area contributed by atoms with E-state index in [-0.39, 0.29) is 0 Å². The van der Waals surface area contributed by atoms with E-state index in [9.17, 15) is 0 Å². The highest BCUT2D eigenvalue weighted by Crippen LogP contribution is 2.42. The van der Waals surface area contributed by atoms with Gasteiger partial charge in [0.25, 0.3) is 0 Å². The number of rotatable bonds is 14. The number of nitrogens with two attached hydrogens (primary N) is 2. The topological polar surface area (TPSA) is 79.3 Å². The van der Waals surface area contributed by atoms with Crippen molar-refractivity contribution in [2.75, 3.05) is 52.4 Å². The van der Waals surface area contributed by atoms with Crippen LogP contribution in [0.5, 0.6) is 0 Å². The fourth-order valence-electron chi connectivity index (χ4n) is 4.42. The van der Waals surface area contributed by atoms with Crippen molar-refractivity contribution >= 4 is 0 Å². The van der Waals surface area contributed by atoms with Crippen LogP contribution in [-0.2, 0) is 5.54 Å². The molecule has 0 atom stereocenters. The van der Waals surface area contributed by atoms with Crippen molar-refractivity contribution in [1.29, 1.82) is 0 Å². The molecule has 0 spiro atoms. The van der Waals surface area contributed by atoms with Crippen LogP contribution >= 0.6 is 0 Å². The summed E-state index contributed by atoms with van der Waals surface area (Å²) >= 11 is 0. The highest BCUT2D eigenvalue weighted by molar-refractivity contribution is 5.49. The van der Waals surface area contributed by atoms with Crippen molar-refractivity contribution in [2.45, 2.75) is 5.54 Å². The van der Waals surface area contributed by atoms with Crippen LogP contribution in [0, 0.1) is 0 Å². The highest BCUT2D eigenvalue weighted by Gasteiger charge is 2.41. The molecule has 170 valence electrons. The van der Waals surface area contributed by atoms with Crippen molar-refractivity contribution in [3.63, 3.8) is 0 Å². The van der Waals surface area contributed by atoms with Crippen LogP contribution in [0.25, 0.3) is 0 Å². The SMILES string of the molecule is NCCNCCN(CCNCCN)C(c1ccccc1)(c1ccccc1)c1ccccc1. The van der Waals surface area contributed by atoms with Crippen LogP contribution in [0.2, 0.25) is 0 Å². The van der Waals surface area contributed by atoms with Gasteiger partial charge in [-0.05, 0) is 16.7 Å². The molecule has 5 nitrogen and oxygen atoms in total. The molecular weight excluding hydrogens is 394 g/mol. The molecule has 0 aliphatic rings. The Labute approximate surface area is 192 Å². The zero-order valence-electron chi connectivity index (χ0n) is 18.9. The molecular formula is C27H37N5. The minimum atomic E-state index is -0.418. The normalized spacial score (nSPS) is 11.7. The molecule has 32 heavy (non-hydrogen) atoms. The second-order valence-corrected chi connectivity index (χ2v) is 7.87. The smallest absolute Gasteiger partial charge is 0.0973 e. The molecule has 3 aromatic rings. The van der Waals surface area contributed by atoms with Crippen LogP contribution in [0.1, 0.15) is 16.7 Å². The molecule has 0 aliphatic heterocycles. The van der Waals surface area contributed by atoms with Crippen LogP contribution in [0.3, 0.4) is 0 Å². The maximum absolute atomic E-state index is 5.72. The Bertz CT molecular complexity index is 762. The second-order valence-electron chi connectivity index (χ2n) is 7.87. The van der Waals surface area contributed by atoms with Gasteiger partial charge in [0.15, 0.2) is 0 Å². The summed E-state index contributed by atoms with van der Waals surface area (Å²) < 4.78 is 0. The van der Waals surface area contributed by atoms with Gasteiger partial charge in [-0.3, -0.25) is 4.90 Å². The Morgan fingerprint density at radius 3 is 1.19 bits per heavy atom. The van der Waals surface area contributed by atoms with E-state index in [0.29, 0.717) is 13.1 Å². The van der Waals surface area contributed by atoms with Crippen LogP contribution in [0.4, 0.5) is 0 Å². The zero-order valence-corrected chi connectivity index (χ0v) is 18.9. The van der Waals surface area contributed by atoms with E-state index in [1.165, 1.54) is 16.7 Å². The van der Waals surface area contributed by atoms with Gasteiger partial charge in [0.05, 0.1) is 5.54 Å². The van der Waals surface area contributed by atoms with E-state index in [0.717, 1.165) is 39.3 Å². The minimum absolute atomic E-state index is 0.418. The van der Waals surface area contributed by atoms with E-state index in [4.69, 9.17) is 11.5 Å². The van der Waals surface area contributed by atoms with E-state index in [1.807, 2.05) is 0 Å². The fourth-order valence-corrected chi connectivity index (χ4v) is 4.42. The van der Waals surface area contributed by atoms with Crippen molar-refractivity contribution in [2.24, 2.45) is 11.5 Å². The first-order valence-corrected chi connectivity index (χ1v) is 11.6. The third-order valence-corrected chi connectivity index (χ3v) is 5.81. The Kier molecular flexibility index (Phi) is 9.88. The summed E-state index contributed by atoms with van der Waals surface area (Å²) in [7, 11) is 0. The Morgan fingerprint density at radius 1 is 0.531 bits per heavy atom. The van der Waals surface area contributed by atoms with Gasteiger partial charge in [0, 0.05) is 52.4 Å². The predicted molar refractivity (Wildman–Crippen MR) is 135 cm³/mol. The average Bonchev–Trinajstić information content (AvgIpc) is 2.86. The van der Waals surface area contributed by atoms with Gasteiger partial charge in [-0.15, -0.1) is 0 Å². The Hall–Kier alpha value is -2.54. The maximum Gasteiger partial charge on any atom is 0.0973 e. The van der Waals surface area contributed by atoms with Crippen LogP contribution in [-0.4, -0.2) is 57.3 Å². The summed E-state index contributed by atoms with van der Waals surface area (Å²) in [6.07, 6.45) is 0. The highest BCUT2D eigenvalue weighted by atomic mass is 15.2. The van der Waals surface area contributed by atoms with E-state index in [1.54, 1.807) is 0 Å². The molecule has 0 saturated carbocycles. The van der Waals surface area contributed by atoms with Crippen molar-refractivity contribution in [3.05, 3.63) is 108 Å². The molecule has 0 aromatic heterocycles. The van der Waals surface area contributed by atoms with E-state index in [2.05, 4.69) is 107 Å². The maximum atomic E-state index is 5.72. The summed E-state index contributed by atoms with van der Waals surface area (Å²) in [4.78, 5) is 2.58. The van der Waals surface area contributed by atoms with Crippen LogP contribution in [0.15, 0.2) is 91.0 Å². The molecule has 0 aliphatic carbocycles. The molecule has 0 bridgehead atoms. The number of benzene rings is 3. The van der Waals surface area contributed by atoms with Crippen LogP contribution < -0.4 is 22.1 Å². The third-order valence-electron chi connectivity index (χ3n) is 5.81. The van der Waals surface area contributed by atoms with Crippen molar-refractivity contribution < 1.29 is 0 Å². The largest absolute Gasteiger partial charge is 0.329 e. The fraction of sp³-hybridized carbons (Fsp3) is 0.333. The van der Waals surface area contributed by atoms with Gasteiger partial charge < -0.3 is 22.1 Å². The summed E-state index contributed by atoms with van der Waals surface area (Å²) in [5.41, 5.74) is 14.8. The summed E-state index contributed by atoms with van der Waals surface area (Å²) in [6.45, 7) is 6.39. The van der Waals surface area contributed by atoms with Crippen molar-refractivity contribution in [1.82, 2.24) is 15.5 Å². The molecule has 3 rings (SSSR count). The van der Waals surface area contributed by atoms with Gasteiger partial charge in [-0.25, -0.2) is 0 Å². The first kappa shape index (κ1) is 24.1. The lowest BCUT2D eigenvalue weighted by atomic mass is 9.75. The van der Waals surface area contributed by atoms with Gasteiger partial charge >= 0.3 is 0 Å². The lowest BCUT2D eigenvalue weighted by molar-refractivity contribution is 0.158. The number of nitrogens with one attached hydrogen (secondary N) is 2. The Morgan fingerprint density at radius 2 is 0.875 bits per heavy atom. The molecule has 6 N–H and O–H groups in total. The molecule has 5 heteroatoms. The first-order chi connectivity index (χ1) is 15.8. The molecule has 0 unspecified atom stereocenters. The molecule has 0 radical (unpaired) electrons. The Balaban J connectivity index is 2.14. The molecule has 0 fully saturated rings. The molecule has 3 aromatic carbocycles. The third kappa shape index (κ3) is 5.82. The molecule has 0 amide bonds.